The first-order valence-electron chi connectivity index (χ1n) is 12.6. The van der Waals surface area contributed by atoms with Crippen LogP contribution in [0.4, 0.5) is 10.1 Å². The van der Waals surface area contributed by atoms with Gasteiger partial charge in [0.25, 0.3) is 5.91 Å². The Bertz CT molecular complexity index is 2070. The van der Waals surface area contributed by atoms with Gasteiger partial charge >= 0.3 is 0 Å². The van der Waals surface area contributed by atoms with Crippen molar-refractivity contribution in [3.8, 4) is 39.5 Å². The highest BCUT2D eigenvalue weighted by molar-refractivity contribution is 6.04. The predicted molar refractivity (Wildman–Crippen MR) is 154 cm³/mol. The molecule has 10 heteroatoms. The fourth-order valence-corrected chi connectivity index (χ4v) is 4.86. The predicted octanol–water partition coefficient (Wildman–Crippen LogP) is 6.33. The lowest BCUT2D eigenvalue weighted by atomic mass is 10.0. The minimum atomic E-state index is -0.538. The number of pyridine rings is 3. The fourth-order valence-electron chi connectivity index (χ4n) is 4.86. The molecule has 41 heavy (non-hydrogen) atoms. The monoisotopic (exact) mass is 541 g/mol. The Hall–Kier alpha value is -5.90. The Morgan fingerprint density at radius 3 is 2.54 bits per heavy atom. The van der Waals surface area contributed by atoms with Crippen molar-refractivity contribution < 1.29 is 14.3 Å². The number of carbonyl (C=O) groups excluding carboxylic acids is 1. The van der Waals surface area contributed by atoms with Gasteiger partial charge in [-0.25, -0.2) is 4.39 Å². The number of nitrogens with one attached hydrogen (secondary N) is 3. The van der Waals surface area contributed by atoms with Crippen LogP contribution in [0, 0.1) is 5.82 Å². The fraction of sp³-hybridized carbons (Fsp3) is 0. The van der Waals surface area contributed by atoms with Gasteiger partial charge in [-0.2, -0.15) is 5.10 Å². The summed E-state index contributed by atoms with van der Waals surface area (Å²) < 4.78 is 14.0. The first-order valence-corrected chi connectivity index (χ1v) is 12.6. The summed E-state index contributed by atoms with van der Waals surface area (Å²) in [5.41, 5.74) is 6.50. The van der Waals surface area contributed by atoms with E-state index in [9.17, 15) is 14.3 Å². The largest absolute Gasteiger partial charge is 0.508 e. The summed E-state index contributed by atoms with van der Waals surface area (Å²) in [6.07, 6.45) is 8.28. The molecule has 7 aromatic rings. The van der Waals surface area contributed by atoms with Gasteiger partial charge < -0.3 is 15.4 Å². The van der Waals surface area contributed by atoms with E-state index in [0.717, 1.165) is 39.1 Å². The summed E-state index contributed by atoms with van der Waals surface area (Å²) in [6, 6.07) is 18.5. The van der Waals surface area contributed by atoms with Crippen LogP contribution in [0.1, 0.15) is 10.4 Å². The highest BCUT2D eigenvalue weighted by Gasteiger charge is 2.16. The van der Waals surface area contributed by atoms with Gasteiger partial charge in [-0.15, -0.1) is 0 Å². The Kier molecular flexibility index (Phi) is 5.71. The zero-order valence-electron chi connectivity index (χ0n) is 21.3. The number of aromatic nitrogens is 6. The molecule has 1 amide bonds. The van der Waals surface area contributed by atoms with E-state index in [1.54, 1.807) is 43.1 Å². The van der Waals surface area contributed by atoms with E-state index in [-0.39, 0.29) is 11.7 Å². The summed E-state index contributed by atoms with van der Waals surface area (Å²) >= 11 is 0. The quantitative estimate of drug-likeness (QED) is 0.201. The van der Waals surface area contributed by atoms with Crippen molar-refractivity contribution in [2.24, 2.45) is 0 Å². The smallest absolute Gasteiger partial charge is 0.255 e. The molecule has 0 saturated heterocycles. The van der Waals surface area contributed by atoms with Crippen LogP contribution in [0.2, 0.25) is 0 Å². The summed E-state index contributed by atoms with van der Waals surface area (Å²) in [5, 5.41) is 22.0. The molecule has 0 aliphatic heterocycles. The third-order valence-electron chi connectivity index (χ3n) is 6.77. The molecule has 4 N–H and O–H groups in total. The number of benzene rings is 2. The molecule has 0 spiro atoms. The normalized spacial score (nSPS) is 11.2. The average Bonchev–Trinajstić information content (AvgIpc) is 3.61. The van der Waals surface area contributed by atoms with Crippen molar-refractivity contribution in [2.75, 3.05) is 5.32 Å². The molecule has 5 aromatic heterocycles. The first-order chi connectivity index (χ1) is 20.0. The Labute approximate surface area is 231 Å². The highest BCUT2D eigenvalue weighted by atomic mass is 19.1. The number of hydrogen-bond acceptors (Lipinski definition) is 6. The number of phenols is 1. The van der Waals surface area contributed by atoms with Crippen LogP contribution >= 0.6 is 0 Å². The van der Waals surface area contributed by atoms with Gasteiger partial charge in [0.1, 0.15) is 17.3 Å². The van der Waals surface area contributed by atoms with E-state index in [2.05, 4.69) is 35.5 Å². The topological polar surface area (TPSA) is 132 Å². The van der Waals surface area contributed by atoms with Gasteiger partial charge in [-0.05, 0) is 48.0 Å². The maximum absolute atomic E-state index is 14.0. The average molecular weight is 542 g/mol. The van der Waals surface area contributed by atoms with E-state index in [0.29, 0.717) is 33.8 Å². The Balaban J connectivity index is 1.25. The third kappa shape index (κ3) is 4.53. The van der Waals surface area contributed by atoms with E-state index in [4.69, 9.17) is 0 Å². The second-order valence-corrected chi connectivity index (χ2v) is 9.50. The zero-order valence-corrected chi connectivity index (χ0v) is 21.3. The molecule has 0 saturated carbocycles. The van der Waals surface area contributed by atoms with E-state index >= 15 is 0 Å². The number of aromatic hydroxyl groups is 1. The zero-order chi connectivity index (χ0) is 27.9. The first kappa shape index (κ1) is 24.2. The highest BCUT2D eigenvalue weighted by Crippen LogP contribution is 2.35. The van der Waals surface area contributed by atoms with Crippen molar-refractivity contribution in [3.05, 3.63) is 109 Å². The molecule has 0 atom stereocenters. The van der Waals surface area contributed by atoms with E-state index < -0.39 is 5.82 Å². The molecule has 0 aliphatic carbocycles. The molecule has 0 bridgehead atoms. The van der Waals surface area contributed by atoms with Gasteiger partial charge in [-0.1, -0.05) is 18.2 Å². The summed E-state index contributed by atoms with van der Waals surface area (Å²) in [5.74, 6) is -0.931. The molecule has 0 unspecified atom stereocenters. The molecular weight excluding hydrogens is 521 g/mol. The second kappa shape index (κ2) is 9.69. The molecule has 7 rings (SSSR count). The maximum Gasteiger partial charge on any atom is 0.255 e. The number of aromatic amines is 2. The van der Waals surface area contributed by atoms with Gasteiger partial charge in [0.15, 0.2) is 0 Å². The lowest BCUT2D eigenvalue weighted by Crippen LogP contribution is -2.11. The van der Waals surface area contributed by atoms with Crippen LogP contribution in [0.5, 0.6) is 5.75 Å². The minimum Gasteiger partial charge on any atom is -0.508 e. The van der Waals surface area contributed by atoms with E-state index in [1.807, 2.05) is 36.4 Å². The molecule has 5 heterocycles. The molecule has 198 valence electrons. The number of fused-ring (bicyclic) bond motifs is 2. The van der Waals surface area contributed by atoms with Crippen LogP contribution in [0.3, 0.4) is 0 Å². The Morgan fingerprint density at radius 2 is 1.68 bits per heavy atom. The lowest BCUT2D eigenvalue weighted by Gasteiger charge is -2.07. The number of nitrogens with zero attached hydrogens (tertiary/aromatic N) is 4. The molecule has 0 fully saturated rings. The van der Waals surface area contributed by atoms with Crippen LogP contribution in [0.25, 0.3) is 55.6 Å². The number of H-pyrrole nitrogens is 2. The number of phenolic OH excluding ortho intramolecular Hbond substituents is 1. The van der Waals surface area contributed by atoms with Crippen LogP contribution in [-0.4, -0.2) is 41.1 Å². The molecule has 0 aliphatic rings. The third-order valence-corrected chi connectivity index (χ3v) is 6.77. The standard InChI is InChI=1S/C31H20FN7O2/c32-20-6-18(8-22(40)9-20)25-14-34-15-28-23(25)10-27(37-28)30-24-11-26(35-16-29(24)38-39-30)19-7-21(13-33-12-19)36-31(41)17-4-2-1-3-5-17/h1-16,37,40H,(H,36,41)(H,38,39). The van der Waals surface area contributed by atoms with Crippen molar-refractivity contribution in [3.63, 3.8) is 0 Å². The maximum atomic E-state index is 14.0. The summed E-state index contributed by atoms with van der Waals surface area (Å²) in [4.78, 5) is 29.1. The minimum absolute atomic E-state index is 0.163. The van der Waals surface area contributed by atoms with Crippen molar-refractivity contribution in [2.45, 2.75) is 0 Å². The van der Waals surface area contributed by atoms with E-state index in [1.165, 1.54) is 12.1 Å². The number of amides is 1. The van der Waals surface area contributed by atoms with Gasteiger partial charge in [0.05, 0.1) is 46.7 Å². The molecule has 0 radical (unpaired) electrons. The van der Waals surface area contributed by atoms with Gasteiger partial charge in [0, 0.05) is 45.9 Å². The van der Waals surface area contributed by atoms with Gasteiger partial charge in [-0.3, -0.25) is 24.8 Å². The molecule has 2 aromatic carbocycles. The number of halogens is 1. The van der Waals surface area contributed by atoms with Crippen molar-refractivity contribution >= 4 is 33.4 Å². The SMILES string of the molecule is O=C(Nc1cncc(-c2cc3c(-c4cc5c(-c6cc(O)cc(F)c6)cncc5[nH]4)n[nH]c3cn2)c1)c1ccccc1. The number of anilines is 1. The second-order valence-electron chi connectivity index (χ2n) is 9.50. The number of rotatable bonds is 5. The summed E-state index contributed by atoms with van der Waals surface area (Å²) in [6.45, 7) is 0. The van der Waals surface area contributed by atoms with Crippen molar-refractivity contribution in [1.29, 1.82) is 0 Å². The van der Waals surface area contributed by atoms with Crippen LogP contribution in [0.15, 0.2) is 97.7 Å². The molecule has 9 nitrogen and oxygen atoms in total. The van der Waals surface area contributed by atoms with Crippen molar-refractivity contribution in [1.82, 2.24) is 30.1 Å². The Morgan fingerprint density at radius 1 is 0.829 bits per heavy atom. The lowest BCUT2D eigenvalue weighted by molar-refractivity contribution is 0.102. The summed E-state index contributed by atoms with van der Waals surface area (Å²) in [7, 11) is 0. The van der Waals surface area contributed by atoms with Gasteiger partial charge in [0.2, 0.25) is 0 Å². The number of hydrogen-bond donors (Lipinski definition) is 4. The number of carbonyl (C=O) groups is 1. The van der Waals surface area contributed by atoms with Crippen LogP contribution in [-0.2, 0) is 0 Å². The molecular formula is C31H20FN7O2. The van der Waals surface area contributed by atoms with Crippen LogP contribution < -0.4 is 5.32 Å².